The molecule has 27 nitrogen and oxygen atoms in total. The third-order valence-electron chi connectivity index (χ3n) is 17.8. The van der Waals surface area contributed by atoms with Gasteiger partial charge in [0.2, 0.25) is 11.8 Å². The number of nitrogens with zero attached hydrogens (tertiary/aromatic N) is 9. The lowest BCUT2D eigenvalue weighted by molar-refractivity contribution is 0.0972. The first-order valence-corrected chi connectivity index (χ1v) is 41.0. The van der Waals surface area contributed by atoms with Gasteiger partial charge in [0.05, 0.1) is 104 Å². The third kappa shape index (κ3) is 23.7. The maximum absolute atomic E-state index is 12.8. The number of hydrogen-bond donors (Lipinski definition) is 9. The molecule has 16 rings (SSSR count). The Kier molecular flexibility index (Phi) is 30.0. The summed E-state index contributed by atoms with van der Waals surface area (Å²) in [5, 5.41) is 32.6. The van der Waals surface area contributed by atoms with Crippen LogP contribution in [0, 0.1) is 0 Å². The average Bonchev–Trinajstić information content (AvgIpc) is 1.06. The number of carbonyl (C=O) groups excluding carboxylic acids is 8. The number of aromatic amines is 1. The number of amidine groups is 1. The second-order valence-electron chi connectivity index (χ2n) is 26.2. The van der Waals surface area contributed by atoms with Crippen LogP contribution in [0.5, 0.6) is 0 Å². The zero-order valence-corrected chi connectivity index (χ0v) is 71.5. The van der Waals surface area contributed by atoms with E-state index in [1.807, 2.05) is 66.7 Å². The Morgan fingerprint density at radius 1 is 0.344 bits per heavy atom. The van der Waals surface area contributed by atoms with Crippen molar-refractivity contribution in [2.24, 2.45) is 12.0 Å². The number of H-pyrrole nitrogens is 1. The maximum Gasteiger partial charge on any atom is 0.258 e. The Morgan fingerprint density at radius 3 is 1.00 bits per heavy atom. The number of carbonyl (C=O) groups is 8. The van der Waals surface area contributed by atoms with E-state index >= 15 is 0 Å². The minimum absolute atomic E-state index is 0.127. The number of amides is 8. The monoisotopic (exact) mass is 1840 g/mol. The number of nitrogens with one attached hydrogen (secondary N) is 9. The van der Waals surface area contributed by atoms with Crippen LogP contribution in [0.2, 0.25) is 40.2 Å². The molecule has 0 atom stereocenters. The molecule has 0 radical (unpaired) electrons. The van der Waals surface area contributed by atoms with Crippen LogP contribution in [0.15, 0.2) is 290 Å². The number of thioether (sulfide) groups is 1. The van der Waals surface area contributed by atoms with Gasteiger partial charge < -0.3 is 41.4 Å². The number of rotatable bonds is 19. The molecule has 624 valence electrons. The predicted molar refractivity (Wildman–Crippen MR) is 491 cm³/mol. The lowest BCUT2D eigenvalue weighted by Gasteiger charge is -2.11. The van der Waals surface area contributed by atoms with Crippen LogP contribution in [0.25, 0.3) is 45.0 Å². The molecule has 0 fully saturated rings. The number of imidazole rings is 1. The molecule has 36 heteroatoms. The third-order valence-corrected chi connectivity index (χ3v) is 21.3. The van der Waals surface area contributed by atoms with Gasteiger partial charge in [-0.05, 0) is 194 Å². The number of benzene rings is 8. The highest BCUT2D eigenvalue weighted by molar-refractivity contribution is 8.14. The molecule has 0 unspecified atom stereocenters. The molecule has 7 aromatic heterocycles. The number of halogens is 8. The van der Waals surface area contributed by atoms with E-state index in [9.17, 15) is 38.4 Å². The minimum atomic E-state index is -0.441. The van der Waals surface area contributed by atoms with Crippen LogP contribution in [0.4, 0.5) is 40.4 Å². The Balaban J connectivity index is 0.000000143. The highest BCUT2D eigenvalue weighted by atomic mass is 35.5. The van der Waals surface area contributed by atoms with E-state index < -0.39 is 35.4 Å². The van der Waals surface area contributed by atoms with E-state index in [-0.39, 0.29) is 65.6 Å². The molecule has 125 heavy (non-hydrogen) atoms. The molecule has 0 aliphatic carbocycles. The van der Waals surface area contributed by atoms with Gasteiger partial charge in [0.15, 0.2) is 5.17 Å². The summed E-state index contributed by atoms with van der Waals surface area (Å²) in [5.74, 6) is -1.28. The summed E-state index contributed by atoms with van der Waals surface area (Å²) in [6, 6.07) is 63.5. The van der Waals surface area contributed by atoms with Gasteiger partial charge in [-0.25, -0.2) is 4.98 Å². The van der Waals surface area contributed by atoms with E-state index in [0.29, 0.717) is 128 Å². The van der Waals surface area contributed by atoms with Gasteiger partial charge in [0.1, 0.15) is 5.82 Å². The van der Waals surface area contributed by atoms with Crippen LogP contribution in [-0.4, -0.2) is 110 Å². The second kappa shape index (κ2) is 42.3. The molecule has 0 spiro atoms. The fourth-order valence-corrected chi connectivity index (χ4v) is 14.3. The highest BCUT2D eigenvalue weighted by Gasteiger charge is 2.23. The van der Waals surface area contributed by atoms with Crippen molar-refractivity contribution in [2.75, 3.05) is 49.5 Å². The van der Waals surface area contributed by atoms with Crippen LogP contribution >= 0.6 is 105 Å². The summed E-state index contributed by atoms with van der Waals surface area (Å²) in [6.45, 7) is 0.687. The zero-order chi connectivity index (χ0) is 88.0. The average molecular weight is 1840 g/mol. The van der Waals surface area contributed by atoms with Crippen molar-refractivity contribution in [1.82, 2.24) is 50.2 Å². The first-order chi connectivity index (χ1) is 60.4. The fourth-order valence-electron chi connectivity index (χ4n) is 11.7. The van der Waals surface area contributed by atoms with Crippen molar-refractivity contribution in [2.45, 2.75) is 0 Å². The summed E-state index contributed by atoms with van der Waals surface area (Å²) < 4.78 is 6.38. The summed E-state index contributed by atoms with van der Waals surface area (Å²) in [7, 11) is 1.71. The van der Waals surface area contributed by atoms with Crippen LogP contribution in [0.1, 0.15) is 82.9 Å². The first kappa shape index (κ1) is 88.9. The summed E-state index contributed by atoms with van der Waals surface area (Å²) in [5.41, 5.74) is 9.82. The first-order valence-electron chi connectivity index (χ1n) is 37.0. The standard InChI is InChI=1S/C23H17Cl2N5O2.C22H15Cl2N5O2.C22H14Cl2N4O3.C22H16Cl2N4O2S/c1-30-21(9-11-27-30)29-22(31)14-5-7-16(19(25)12-14)23(32)28-15-6-8-18(24)17(13-15)20-4-2-3-10-26-20;23-17-7-5-14(12-16(17)19-3-1-2-8-25-19)28-21(31)15-6-4-13(11-18(15)24)20(30)29-22-26-9-10-27-22;23-17-7-5-14(12-16(17)19-3-1-2-9-25-19)27-22(30)15-6-4-13(11-18(15)24)21(29)28-20-8-10-26-31-20;23-17-7-5-14(12-16(17)19-3-1-2-8-25-19)27-21(30)15-6-4-13(11-18(15)24)20(29)28-22-26-9-10-31-22/h2-13H,1H3,(H,28,32)(H,29,31);1-12H,(H,28,31)(H2,26,27,29,30);1-12H,(H,27,30)(H,28,29);1-8,11-12H,9-10H2,(H,27,30)(H,26,28,29). The molecule has 0 saturated carbocycles. The van der Waals surface area contributed by atoms with Gasteiger partial charge in [-0.1, -0.05) is 134 Å². The van der Waals surface area contributed by atoms with Crippen molar-refractivity contribution in [3.8, 4) is 45.0 Å². The Labute approximate surface area is 756 Å². The predicted octanol–water partition coefficient (Wildman–Crippen LogP) is 21.3. The quantitative estimate of drug-likeness (QED) is 0.0363. The topological polar surface area (TPSA) is 369 Å². The van der Waals surface area contributed by atoms with E-state index in [0.717, 1.165) is 5.75 Å². The lowest BCUT2D eigenvalue weighted by Crippen LogP contribution is -2.27. The number of hydrogen-bond acceptors (Lipinski definition) is 18. The normalized spacial score (nSPS) is 11.1. The number of aromatic nitrogens is 9. The van der Waals surface area contributed by atoms with E-state index in [1.165, 1.54) is 102 Å². The summed E-state index contributed by atoms with van der Waals surface area (Å²) in [4.78, 5) is 128. The van der Waals surface area contributed by atoms with Gasteiger partial charge in [0, 0.05) is 129 Å². The molecule has 8 heterocycles. The van der Waals surface area contributed by atoms with E-state index in [2.05, 4.69) is 87.7 Å². The second-order valence-corrected chi connectivity index (χ2v) is 30.6. The molecule has 8 aromatic carbocycles. The largest absolute Gasteiger partial charge is 0.338 e. The zero-order valence-electron chi connectivity index (χ0n) is 64.6. The fraction of sp³-hybridized carbons (Fsp3) is 0.0337. The van der Waals surface area contributed by atoms with Gasteiger partial charge >= 0.3 is 0 Å². The Hall–Kier alpha value is -13.9. The smallest absolute Gasteiger partial charge is 0.258 e. The van der Waals surface area contributed by atoms with Crippen molar-refractivity contribution in [3.05, 3.63) is 365 Å². The minimum Gasteiger partial charge on any atom is -0.338 e. The SMILES string of the molecule is Cn1nccc1NC(=O)c1ccc(C(=O)Nc2ccc(Cl)c(-c3ccccn3)c2)c(Cl)c1.O=C(NC1=NCCS1)c1ccc(C(=O)Nc2ccc(Cl)c(-c3ccccn3)c2)c(Cl)c1.O=C(Nc1ccno1)c1ccc(C(=O)Nc2ccc(Cl)c(-c3ccccn3)c2)c(Cl)c1.O=C(Nc1ncc[nH]1)c1ccc(C(=O)Nc2ccc(Cl)c(-c3ccccn3)c2)c(Cl)c1. The van der Waals surface area contributed by atoms with Gasteiger partial charge in [0.25, 0.3) is 47.3 Å². The number of pyridine rings is 4. The van der Waals surface area contributed by atoms with Crippen LogP contribution < -0.4 is 42.5 Å². The molecule has 9 N–H and O–H groups in total. The van der Waals surface area contributed by atoms with Gasteiger partial charge in [-0.15, -0.1) is 0 Å². The summed E-state index contributed by atoms with van der Waals surface area (Å²) in [6.07, 6.45) is 12.8. The number of anilines is 7. The molecule has 15 aromatic rings. The molecular weight excluding hydrogens is 1780 g/mol. The molecule has 1 aliphatic heterocycles. The number of aryl methyl sites for hydroxylation is 1. The van der Waals surface area contributed by atoms with E-state index in [1.54, 1.807) is 135 Å². The molecule has 0 bridgehead atoms. The van der Waals surface area contributed by atoms with E-state index in [4.69, 9.17) is 97.3 Å². The number of aliphatic imine (C=N–C) groups is 1. The lowest BCUT2D eigenvalue weighted by atomic mass is 10.1. The van der Waals surface area contributed by atoms with Crippen LogP contribution in [0.3, 0.4) is 0 Å². The van der Waals surface area contributed by atoms with Crippen LogP contribution in [-0.2, 0) is 7.05 Å². The van der Waals surface area contributed by atoms with Crippen molar-refractivity contribution in [1.29, 1.82) is 0 Å². The molecular formula is C89H62Cl8N18O9S. The molecule has 0 saturated heterocycles. The van der Waals surface area contributed by atoms with Crippen molar-refractivity contribution >= 4 is 197 Å². The van der Waals surface area contributed by atoms with Crippen molar-refractivity contribution in [3.63, 3.8) is 0 Å². The molecule has 1 aliphatic rings. The summed E-state index contributed by atoms with van der Waals surface area (Å²) >= 11 is 51.8. The molecule has 8 amide bonds. The van der Waals surface area contributed by atoms with Gasteiger partial charge in [-0.3, -0.25) is 78.6 Å². The maximum atomic E-state index is 12.8. The Bertz CT molecular complexity index is 6350. The van der Waals surface area contributed by atoms with Gasteiger partial charge in [-0.2, -0.15) is 5.10 Å². The van der Waals surface area contributed by atoms with Crippen molar-refractivity contribution < 1.29 is 42.9 Å². The Morgan fingerprint density at radius 2 is 0.704 bits per heavy atom. The highest BCUT2D eigenvalue weighted by Crippen LogP contribution is 2.36.